The zero-order chi connectivity index (χ0) is 19.6. The molecule has 0 heterocycles. The summed E-state index contributed by atoms with van der Waals surface area (Å²) in [6.07, 6.45) is 1.88. The van der Waals surface area contributed by atoms with Crippen LogP contribution in [0.25, 0.3) is 0 Å². The quantitative estimate of drug-likeness (QED) is 0.622. The second-order valence-corrected chi connectivity index (χ2v) is 6.72. The first-order valence-corrected chi connectivity index (χ1v) is 9.77. The Balaban J connectivity index is 1.83. The molecule has 0 unspecified atom stereocenters. The van der Waals surface area contributed by atoms with Gasteiger partial charge in [-0.2, -0.15) is 0 Å². The van der Waals surface area contributed by atoms with E-state index in [-0.39, 0.29) is 5.91 Å². The maximum Gasteiger partial charge on any atom is 0.261 e. The second kappa shape index (κ2) is 10.6. The first kappa shape index (κ1) is 20.8. The Morgan fingerprint density at radius 2 is 1.85 bits per heavy atom. The van der Waals surface area contributed by atoms with E-state index in [9.17, 15) is 4.79 Å². The molecule has 0 saturated heterocycles. The van der Waals surface area contributed by atoms with Crippen molar-refractivity contribution in [2.24, 2.45) is 0 Å². The highest BCUT2D eigenvalue weighted by Crippen LogP contribution is 2.21. The number of rotatable bonds is 10. The van der Waals surface area contributed by atoms with Gasteiger partial charge in [-0.1, -0.05) is 42.8 Å². The molecule has 0 radical (unpaired) electrons. The third-order valence-electron chi connectivity index (χ3n) is 4.46. The molecule has 0 spiro atoms. The van der Waals surface area contributed by atoms with Gasteiger partial charge in [0.15, 0.2) is 6.10 Å². The molecule has 4 heteroatoms. The average molecular weight is 370 g/mol. The number of para-hydroxylation sites is 1. The monoisotopic (exact) mass is 369 g/mol. The Bertz CT molecular complexity index is 742. The molecule has 27 heavy (non-hydrogen) atoms. The molecule has 0 aliphatic rings. The number of amides is 1. The molecule has 2 aromatic carbocycles. The van der Waals surface area contributed by atoms with E-state index in [1.165, 1.54) is 11.1 Å². The molecule has 1 atom stereocenters. The number of aryl methyl sites for hydroxylation is 3. The predicted octanol–water partition coefficient (Wildman–Crippen LogP) is 4.61. The summed E-state index contributed by atoms with van der Waals surface area (Å²) >= 11 is 0. The number of hydrogen-bond donors (Lipinski definition) is 1. The summed E-state index contributed by atoms with van der Waals surface area (Å²) in [7, 11) is 0. The fraction of sp³-hybridized carbons (Fsp3) is 0.435. The van der Waals surface area contributed by atoms with Gasteiger partial charge in [0.25, 0.3) is 5.91 Å². The van der Waals surface area contributed by atoms with E-state index in [0.717, 1.165) is 29.9 Å². The van der Waals surface area contributed by atoms with Crippen LogP contribution in [0.5, 0.6) is 11.5 Å². The number of hydrogen-bond acceptors (Lipinski definition) is 3. The molecule has 0 aromatic heterocycles. The highest BCUT2D eigenvalue weighted by molar-refractivity contribution is 5.81. The summed E-state index contributed by atoms with van der Waals surface area (Å²) in [5.74, 6) is 1.64. The van der Waals surface area contributed by atoms with Gasteiger partial charge in [0.2, 0.25) is 0 Å². The van der Waals surface area contributed by atoms with Crippen molar-refractivity contribution in [1.29, 1.82) is 0 Å². The van der Waals surface area contributed by atoms with Gasteiger partial charge >= 0.3 is 0 Å². The van der Waals surface area contributed by atoms with E-state index < -0.39 is 6.10 Å². The minimum Gasteiger partial charge on any atom is -0.494 e. The van der Waals surface area contributed by atoms with Crippen molar-refractivity contribution in [1.82, 2.24) is 5.32 Å². The molecule has 2 rings (SSSR count). The normalized spacial score (nSPS) is 11.7. The topological polar surface area (TPSA) is 47.6 Å². The van der Waals surface area contributed by atoms with Gasteiger partial charge in [-0.05, 0) is 63.3 Å². The van der Waals surface area contributed by atoms with E-state index in [0.29, 0.717) is 19.6 Å². The van der Waals surface area contributed by atoms with Crippen molar-refractivity contribution in [2.45, 2.75) is 53.1 Å². The fourth-order valence-corrected chi connectivity index (χ4v) is 3.02. The molecule has 0 aliphatic heterocycles. The number of carbonyl (C=O) groups excluding carboxylic acids is 1. The molecule has 1 N–H and O–H groups in total. The maximum atomic E-state index is 12.5. The molecular weight excluding hydrogens is 338 g/mol. The van der Waals surface area contributed by atoms with Gasteiger partial charge in [-0.3, -0.25) is 4.79 Å². The fourth-order valence-electron chi connectivity index (χ4n) is 3.02. The molecule has 0 saturated carbocycles. The lowest BCUT2D eigenvalue weighted by Crippen LogP contribution is -2.38. The molecule has 0 aliphatic carbocycles. The van der Waals surface area contributed by atoms with Crippen LogP contribution in [-0.4, -0.2) is 25.2 Å². The van der Waals surface area contributed by atoms with Crippen LogP contribution in [0.4, 0.5) is 0 Å². The molecule has 0 bridgehead atoms. The summed E-state index contributed by atoms with van der Waals surface area (Å²) < 4.78 is 11.6. The number of carbonyl (C=O) groups is 1. The van der Waals surface area contributed by atoms with E-state index in [4.69, 9.17) is 9.47 Å². The number of ether oxygens (including phenoxy) is 2. The highest BCUT2D eigenvalue weighted by Gasteiger charge is 2.18. The van der Waals surface area contributed by atoms with Gasteiger partial charge in [-0.25, -0.2) is 0 Å². The van der Waals surface area contributed by atoms with Gasteiger partial charge in [0.05, 0.1) is 6.61 Å². The molecule has 1 amide bonds. The lowest BCUT2D eigenvalue weighted by Gasteiger charge is -2.19. The molecule has 0 fully saturated rings. The molecule has 4 nitrogen and oxygen atoms in total. The standard InChI is InChI=1S/C23H31NO3/c1-5-20(27-21-14-13-17(3)16-18(21)4)23(25)24-15-9-11-19-10-7-8-12-22(19)26-6-2/h7-8,10,12-14,16,20H,5-6,9,11,15H2,1-4H3,(H,24,25)/t20-/m0/s1. The van der Waals surface area contributed by atoms with Gasteiger partial charge in [0.1, 0.15) is 11.5 Å². The Morgan fingerprint density at radius 1 is 1.07 bits per heavy atom. The van der Waals surface area contributed by atoms with Crippen LogP contribution >= 0.6 is 0 Å². The Kier molecular flexibility index (Phi) is 8.18. The van der Waals surface area contributed by atoms with Crippen molar-refractivity contribution in [3.05, 3.63) is 59.2 Å². The number of nitrogens with one attached hydrogen (secondary N) is 1. The third kappa shape index (κ3) is 6.31. The van der Waals surface area contributed by atoms with E-state index >= 15 is 0 Å². The van der Waals surface area contributed by atoms with Crippen molar-refractivity contribution in [2.75, 3.05) is 13.2 Å². The molecule has 146 valence electrons. The van der Waals surface area contributed by atoms with Crippen LogP contribution in [0.15, 0.2) is 42.5 Å². The van der Waals surface area contributed by atoms with Crippen molar-refractivity contribution < 1.29 is 14.3 Å². The predicted molar refractivity (Wildman–Crippen MR) is 110 cm³/mol. The zero-order valence-corrected chi connectivity index (χ0v) is 16.9. The third-order valence-corrected chi connectivity index (χ3v) is 4.46. The van der Waals surface area contributed by atoms with Gasteiger partial charge in [0, 0.05) is 6.54 Å². The van der Waals surface area contributed by atoms with E-state index in [2.05, 4.69) is 17.4 Å². The van der Waals surface area contributed by atoms with Crippen LogP contribution in [0.2, 0.25) is 0 Å². The number of benzene rings is 2. The van der Waals surface area contributed by atoms with Gasteiger partial charge in [-0.15, -0.1) is 0 Å². The lowest BCUT2D eigenvalue weighted by molar-refractivity contribution is -0.128. The second-order valence-electron chi connectivity index (χ2n) is 6.72. The summed E-state index contributed by atoms with van der Waals surface area (Å²) in [6, 6.07) is 14.1. The van der Waals surface area contributed by atoms with Gasteiger partial charge < -0.3 is 14.8 Å². The summed E-state index contributed by atoms with van der Waals surface area (Å²) in [5, 5.41) is 3.00. The van der Waals surface area contributed by atoms with Crippen LogP contribution in [-0.2, 0) is 11.2 Å². The largest absolute Gasteiger partial charge is 0.494 e. The van der Waals surface area contributed by atoms with Crippen LogP contribution in [0.3, 0.4) is 0 Å². The zero-order valence-electron chi connectivity index (χ0n) is 16.9. The van der Waals surface area contributed by atoms with E-state index in [1.807, 2.05) is 58.0 Å². The summed E-state index contributed by atoms with van der Waals surface area (Å²) in [6.45, 7) is 9.27. The van der Waals surface area contributed by atoms with Crippen LogP contribution in [0.1, 0.15) is 43.4 Å². The minimum absolute atomic E-state index is 0.0597. The Morgan fingerprint density at radius 3 is 2.56 bits per heavy atom. The molecule has 2 aromatic rings. The smallest absolute Gasteiger partial charge is 0.261 e. The highest BCUT2D eigenvalue weighted by atomic mass is 16.5. The van der Waals surface area contributed by atoms with Crippen molar-refractivity contribution >= 4 is 5.91 Å². The SMILES string of the molecule is CCOc1ccccc1CCCNC(=O)[C@H](CC)Oc1ccc(C)cc1C. The van der Waals surface area contributed by atoms with E-state index in [1.54, 1.807) is 0 Å². The molecular formula is C23H31NO3. The van der Waals surface area contributed by atoms with Crippen LogP contribution < -0.4 is 14.8 Å². The Hall–Kier alpha value is -2.49. The minimum atomic E-state index is -0.470. The van der Waals surface area contributed by atoms with Crippen LogP contribution in [0, 0.1) is 13.8 Å². The summed E-state index contributed by atoms with van der Waals surface area (Å²) in [4.78, 5) is 12.5. The summed E-state index contributed by atoms with van der Waals surface area (Å²) in [5.41, 5.74) is 3.41. The first-order valence-electron chi connectivity index (χ1n) is 9.77. The lowest BCUT2D eigenvalue weighted by atomic mass is 10.1. The average Bonchev–Trinajstić information content (AvgIpc) is 2.66. The maximum absolute atomic E-state index is 12.5. The van der Waals surface area contributed by atoms with Crippen molar-refractivity contribution in [3.63, 3.8) is 0 Å². The van der Waals surface area contributed by atoms with Crippen molar-refractivity contribution in [3.8, 4) is 11.5 Å². The Labute approximate surface area is 162 Å². The first-order chi connectivity index (χ1) is 13.0.